The molecule has 3 heteroatoms. The molecular weight excluding hydrogens is 238 g/mol. The topological polar surface area (TPSA) is 43.7 Å². The minimum absolute atomic E-state index is 0.102. The van der Waals surface area contributed by atoms with Crippen LogP contribution in [0.25, 0.3) is 0 Å². The zero-order chi connectivity index (χ0) is 14.1. The number of benzene rings is 1. The fourth-order valence-electron chi connectivity index (χ4n) is 1.85. The largest absolute Gasteiger partial charge is 0.395 e. The van der Waals surface area contributed by atoms with E-state index in [9.17, 15) is 0 Å². The van der Waals surface area contributed by atoms with Crippen molar-refractivity contribution in [2.24, 2.45) is 0 Å². The predicted molar refractivity (Wildman–Crippen MR) is 77.7 cm³/mol. The standard InChI is InChI=1S/C16H23NO2/c1-14(2)17(9-11-19)13-16-8-5-7-15(12-16)6-3-4-10-18/h5,7-8,12,14,18-19H,4,9-11,13H2,1-2H3. The second-order valence-electron chi connectivity index (χ2n) is 4.76. The molecule has 0 aliphatic heterocycles. The van der Waals surface area contributed by atoms with E-state index in [1.165, 1.54) is 5.56 Å². The van der Waals surface area contributed by atoms with Crippen molar-refractivity contribution in [2.45, 2.75) is 32.9 Å². The van der Waals surface area contributed by atoms with Crippen molar-refractivity contribution in [1.82, 2.24) is 4.90 Å². The van der Waals surface area contributed by atoms with Crippen molar-refractivity contribution in [2.75, 3.05) is 19.8 Å². The van der Waals surface area contributed by atoms with Crippen LogP contribution in [0.3, 0.4) is 0 Å². The summed E-state index contributed by atoms with van der Waals surface area (Å²) >= 11 is 0. The molecule has 0 aliphatic carbocycles. The van der Waals surface area contributed by atoms with E-state index in [4.69, 9.17) is 10.2 Å². The predicted octanol–water partition coefficient (Wildman–Crippen LogP) is 1.62. The van der Waals surface area contributed by atoms with Gasteiger partial charge in [0.25, 0.3) is 0 Å². The fourth-order valence-corrected chi connectivity index (χ4v) is 1.85. The summed E-state index contributed by atoms with van der Waals surface area (Å²) in [4.78, 5) is 2.22. The summed E-state index contributed by atoms with van der Waals surface area (Å²) in [6.45, 7) is 6.02. The zero-order valence-corrected chi connectivity index (χ0v) is 11.8. The third-order valence-electron chi connectivity index (χ3n) is 2.90. The van der Waals surface area contributed by atoms with Gasteiger partial charge in [-0.05, 0) is 31.5 Å². The van der Waals surface area contributed by atoms with Crippen molar-refractivity contribution >= 4 is 0 Å². The molecule has 1 aromatic carbocycles. The van der Waals surface area contributed by atoms with Gasteiger partial charge in [-0.15, -0.1) is 0 Å². The van der Waals surface area contributed by atoms with Crippen molar-refractivity contribution in [3.05, 3.63) is 35.4 Å². The molecule has 0 radical (unpaired) electrons. The van der Waals surface area contributed by atoms with Gasteiger partial charge in [0.2, 0.25) is 0 Å². The molecule has 104 valence electrons. The van der Waals surface area contributed by atoms with Crippen molar-refractivity contribution in [3.63, 3.8) is 0 Å². The van der Waals surface area contributed by atoms with E-state index < -0.39 is 0 Å². The van der Waals surface area contributed by atoms with Gasteiger partial charge in [-0.25, -0.2) is 0 Å². The molecule has 0 fully saturated rings. The number of hydrogen-bond acceptors (Lipinski definition) is 3. The van der Waals surface area contributed by atoms with Gasteiger partial charge in [-0.1, -0.05) is 24.0 Å². The van der Waals surface area contributed by atoms with Crippen LogP contribution in [0.2, 0.25) is 0 Å². The lowest BCUT2D eigenvalue weighted by molar-refractivity contribution is 0.159. The van der Waals surface area contributed by atoms with Crippen LogP contribution < -0.4 is 0 Å². The maximum Gasteiger partial charge on any atom is 0.0558 e. The van der Waals surface area contributed by atoms with Gasteiger partial charge in [-0.2, -0.15) is 0 Å². The van der Waals surface area contributed by atoms with Gasteiger partial charge in [0.1, 0.15) is 0 Å². The number of aliphatic hydroxyl groups excluding tert-OH is 2. The van der Waals surface area contributed by atoms with Gasteiger partial charge in [0.15, 0.2) is 0 Å². The van der Waals surface area contributed by atoms with E-state index in [0.717, 1.165) is 12.1 Å². The smallest absolute Gasteiger partial charge is 0.0558 e. The Kier molecular flexibility index (Phi) is 7.20. The second-order valence-corrected chi connectivity index (χ2v) is 4.76. The van der Waals surface area contributed by atoms with Gasteiger partial charge in [-0.3, -0.25) is 4.90 Å². The fraction of sp³-hybridized carbons (Fsp3) is 0.500. The number of aliphatic hydroxyl groups is 2. The Morgan fingerprint density at radius 3 is 2.63 bits per heavy atom. The molecule has 0 saturated heterocycles. The van der Waals surface area contributed by atoms with Gasteiger partial charge in [0, 0.05) is 31.1 Å². The lowest BCUT2D eigenvalue weighted by Gasteiger charge is -2.25. The first-order valence-corrected chi connectivity index (χ1v) is 6.71. The first-order chi connectivity index (χ1) is 9.17. The molecule has 2 N–H and O–H groups in total. The van der Waals surface area contributed by atoms with E-state index in [-0.39, 0.29) is 13.2 Å². The van der Waals surface area contributed by atoms with Crippen molar-refractivity contribution in [1.29, 1.82) is 0 Å². The first kappa shape index (κ1) is 15.7. The number of hydrogen-bond donors (Lipinski definition) is 2. The minimum Gasteiger partial charge on any atom is -0.395 e. The Morgan fingerprint density at radius 2 is 2.00 bits per heavy atom. The van der Waals surface area contributed by atoms with Crippen LogP contribution in [0.5, 0.6) is 0 Å². The third-order valence-corrected chi connectivity index (χ3v) is 2.90. The third kappa shape index (κ3) is 5.89. The van der Waals surface area contributed by atoms with Crippen LogP contribution in [-0.4, -0.2) is 40.9 Å². The normalized spacial score (nSPS) is 10.6. The molecular formula is C16H23NO2. The molecule has 0 saturated carbocycles. The van der Waals surface area contributed by atoms with Gasteiger partial charge in [0.05, 0.1) is 13.2 Å². The van der Waals surface area contributed by atoms with Crippen LogP contribution in [-0.2, 0) is 6.54 Å². The lowest BCUT2D eigenvalue weighted by Crippen LogP contribution is -2.32. The van der Waals surface area contributed by atoms with Crippen molar-refractivity contribution < 1.29 is 10.2 Å². The monoisotopic (exact) mass is 261 g/mol. The Bertz CT molecular complexity index is 432. The van der Waals surface area contributed by atoms with E-state index in [1.807, 2.05) is 12.1 Å². The molecule has 0 aromatic heterocycles. The molecule has 1 aromatic rings. The van der Waals surface area contributed by atoms with E-state index in [0.29, 0.717) is 19.0 Å². The summed E-state index contributed by atoms with van der Waals surface area (Å²) in [6.07, 6.45) is 0.507. The van der Waals surface area contributed by atoms with E-state index in [2.05, 4.69) is 42.7 Å². The highest BCUT2D eigenvalue weighted by atomic mass is 16.3. The molecule has 0 atom stereocenters. The average molecular weight is 261 g/mol. The SMILES string of the molecule is CC(C)N(CCO)Cc1cccc(C#CCCO)c1. The quantitative estimate of drug-likeness (QED) is 0.765. The summed E-state index contributed by atoms with van der Waals surface area (Å²) < 4.78 is 0. The van der Waals surface area contributed by atoms with E-state index in [1.54, 1.807) is 0 Å². The van der Waals surface area contributed by atoms with E-state index >= 15 is 0 Å². The Hall–Kier alpha value is -1.34. The highest BCUT2D eigenvalue weighted by Gasteiger charge is 2.09. The molecule has 0 amide bonds. The van der Waals surface area contributed by atoms with Crippen LogP contribution >= 0.6 is 0 Å². The lowest BCUT2D eigenvalue weighted by atomic mass is 10.1. The molecule has 0 heterocycles. The molecule has 0 unspecified atom stereocenters. The zero-order valence-electron chi connectivity index (χ0n) is 11.8. The Morgan fingerprint density at radius 1 is 1.21 bits per heavy atom. The number of nitrogens with zero attached hydrogens (tertiary/aromatic N) is 1. The summed E-state index contributed by atoms with van der Waals surface area (Å²) in [6, 6.07) is 8.51. The second kappa shape index (κ2) is 8.71. The van der Waals surface area contributed by atoms with Crippen LogP contribution in [0.1, 0.15) is 31.4 Å². The molecule has 19 heavy (non-hydrogen) atoms. The minimum atomic E-state index is 0.102. The summed E-state index contributed by atoms with van der Waals surface area (Å²) in [5.74, 6) is 5.97. The van der Waals surface area contributed by atoms with Gasteiger partial charge < -0.3 is 10.2 Å². The highest BCUT2D eigenvalue weighted by Crippen LogP contribution is 2.10. The molecule has 0 bridgehead atoms. The first-order valence-electron chi connectivity index (χ1n) is 6.71. The maximum atomic E-state index is 9.07. The summed E-state index contributed by atoms with van der Waals surface area (Å²) in [5, 5.41) is 17.8. The van der Waals surface area contributed by atoms with Crippen LogP contribution in [0, 0.1) is 11.8 Å². The molecule has 0 aliphatic rings. The van der Waals surface area contributed by atoms with Crippen LogP contribution in [0.4, 0.5) is 0 Å². The molecule has 1 rings (SSSR count). The number of rotatable bonds is 6. The summed E-state index contributed by atoms with van der Waals surface area (Å²) in [5.41, 5.74) is 2.16. The Labute approximate surface area is 115 Å². The van der Waals surface area contributed by atoms with Gasteiger partial charge >= 0.3 is 0 Å². The molecule has 0 spiro atoms. The van der Waals surface area contributed by atoms with Crippen molar-refractivity contribution in [3.8, 4) is 11.8 Å². The highest BCUT2D eigenvalue weighted by molar-refractivity contribution is 5.37. The molecule has 3 nitrogen and oxygen atoms in total. The average Bonchev–Trinajstić information content (AvgIpc) is 2.39. The summed E-state index contributed by atoms with van der Waals surface area (Å²) in [7, 11) is 0. The Balaban J connectivity index is 2.73. The maximum absolute atomic E-state index is 9.07. The van der Waals surface area contributed by atoms with Crippen LogP contribution in [0.15, 0.2) is 24.3 Å².